The summed E-state index contributed by atoms with van der Waals surface area (Å²) >= 11 is 0. The van der Waals surface area contributed by atoms with Crippen LogP contribution in [-0.2, 0) is 17.9 Å². The molecule has 0 bridgehead atoms. The molecule has 2 rings (SSSR count). The van der Waals surface area contributed by atoms with Gasteiger partial charge < -0.3 is 5.11 Å². The van der Waals surface area contributed by atoms with Crippen LogP contribution in [0.15, 0.2) is 12.7 Å². The number of hydrogen-bond donors (Lipinski definition) is 1. The molecule has 0 atom stereocenters. The molecule has 2 aromatic rings. The van der Waals surface area contributed by atoms with Gasteiger partial charge in [0.25, 0.3) is 0 Å². The minimum Gasteiger partial charge on any atom is -0.481 e. The van der Waals surface area contributed by atoms with Gasteiger partial charge in [-0.1, -0.05) is 0 Å². The maximum absolute atomic E-state index is 10.4. The fourth-order valence-electron chi connectivity index (χ4n) is 1.17. The normalized spacial score (nSPS) is 10.5. The van der Waals surface area contributed by atoms with Crippen molar-refractivity contribution >= 4 is 5.97 Å². The minimum absolute atomic E-state index is 0.0185. The van der Waals surface area contributed by atoms with Crippen molar-refractivity contribution in [1.29, 1.82) is 0 Å². The number of carboxylic acid groups (broad SMARTS) is 1. The molecule has 0 aliphatic carbocycles. The number of rotatable bonds is 5. The van der Waals surface area contributed by atoms with E-state index in [4.69, 9.17) is 5.11 Å². The van der Waals surface area contributed by atoms with E-state index < -0.39 is 5.97 Å². The molecule has 0 aliphatic heterocycles. The summed E-state index contributed by atoms with van der Waals surface area (Å²) in [6.07, 6.45) is 2.93. The first-order chi connectivity index (χ1) is 7.75. The van der Waals surface area contributed by atoms with E-state index in [1.54, 1.807) is 4.68 Å². The number of carboxylic acids is 1. The first kappa shape index (κ1) is 10.2. The van der Waals surface area contributed by atoms with Crippen molar-refractivity contribution in [3.8, 4) is 0 Å². The summed E-state index contributed by atoms with van der Waals surface area (Å²) in [6.45, 7) is 0.610. The average Bonchev–Trinajstić information content (AvgIpc) is 2.87. The molecule has 0 aliphatic rings. The van der Waals surface area contributed by atoms with Gasteiger partial charge in [-0.2, -0.15) is 5.10 Å². The maximum atomic E-state index is 10.4. The monoisotopic (exact) mass is 223 g/mol. The molecule has 0 saturated heterocycles. The van der Waals surface area contributed by atoms with Crippen LogP contribution in [0.3, 0.4) is 0 Å². The van der Waals surface area contributed by atoms with Gasteiger partial charge in [-0.05, 0) is 10.4 Å². The number of nitrogens with zero attached hydrogens (tertiary/aromatic N) is 7. The first-order valence-corrected chi connectivity index (χ1v) is 4.55. The second-order valence-corrected chi connectivity index (χ2v) is 3.06. The third kappa shape index (κ3) is 2.38. The predicted octanol–water partition coefficient (Wildman–Crippen LogP) is -1.21. The molecule has 84 valence electrons. The van der Waals surface area contributed by atoms with Gasteiger partial charge in [-0.25, -0.2) is 14.3 Å². The van der Waals surface area contributed by atoms with E-state index in [0.29, 0.717) is 12.4 Å². The van der Waals surface area contributed by atoms with Gasteiger partial charge in [0, 0.05) is 0 Å². The standard InChI is InChI=1S/C7H9N7O2/c15-7(16)1-2-14-6(10-11-12-14)3-13-5-8-4-9-13/h4-5H,1-3H2,(H,15,16). The van der Waals surface area contributed by atoms with Crippen LogP contribution in [-0.4, -0.2) is 46.0 Å². The van der Waals surface area contributed by atoms with Gasteiger partial charge in [0.1, 0.15) is 19.2 Å². The number of aromatic nitrogens is 7. The van der Waals surface area contributed by atoms with Crippen molar-refractivity contribution in [2.45, 2.75) is 19.5 Å². The lowest BCUT2D eigenvalue weighted by molar-refractivity contribution is -0.137. The Morgan fingerprint density at radius 2 is 2.38 bits per heavy atom. The molecule has 0 amide bonds. The lowest BCUT2D eigenvalue weighted by Gasteiger charge is -2.01. The zero-order chi connectivity index (χ0) is 11.4. The average molecular weight is 223 g/mol. The van der Waals surface area contributed by atoms with Gasteiger partial charge in [0.2, 0.25) is 0 Å². The van der Waals surface area contributed by atoms with E-state index in [9.17, 15) is 4.79 Å². The van der Waals surface area contributed by atoms with Crippen LogP contribution < -0.4 is 0 Å². The lowest BCUT2D eigenvalue weighted by atomic mass is 10.4. The number of hydrogen-bond acceptors (Lipinski definition) is 6. The molecule has 1 N–H and O–H groups in total. The van der Waals surface area contributed by atoms with E-state index in [-0.39, 0.29) is 13.0 Å². The highest BCUT2D eigenvalue weighted by molar-refractivity contribution is 5.66. The molecule has 9 nitrogen and oxygen atoms in total. The fourth-order valence-corrected chi connectivity index (χ4v) is 1.17. The molecule has 0 unspecified atom stereocenters. The lowest BCUT2D eigenvalue weighted by Crippen LogP contribution is -2.12. The molecule has 0 aromatic carbocycles. The Labute approximate surface area is 89.7 Å². The zero-order valence-corrected chi connectivity index (χ0v) is 8.26. The highest BCUT2D eigenvalue weighted by Gasteiger charge is 2.08. The van der Waals surface area contributed by atoms with Crippen molar-refractivity contribution in [1.82, 2.24) is 35.0 Å². The first-order valence-electron chi connectivity index (χ1n) is 4.55. The van der Waals surface area contributed by atoms with E-state index >= 15 is 0 Å². The van der Waals surface area contributed by atoms with Crippen LogP contribution >= 0.6 is 0 Å². The zero-order valence-electron chi connectivity index (χ0n) is 8.26. The van der Waals surface area contributed by atoms with Crippen LogP contribution in [0.1, 0.15) is 12.2 Å². The number of tetrazole rings is 1. The maximum Gasteiger partial charge on any atom is 0.305 e. The minimum atomic E-state index is -0.887. The van der Waals surface area contributed by atoms with Crippen LogP contribution in [0, 0.1) is 0 Å². The number of carbonyl (C=O) groups is 1. The van der Waals surface area contributed by atoms with Gasteiger partial charge >= 0.3 is 5.97 Å². The molecular formula is C7H9N7O2. The molecule has 0 saturated carbocycles. The van der Waals surface area contributed by atoms with E-state index in [2.05, 4.69) is 25.6 Å². The Morgan fingerprint density at radius 3 is 3.06 bits per heavy atom. The summed E-state index contributed by atoms with van der Waals surface area (Å²) in [7, 11) is 0. The molecule has 0 fully saturated rings. The van der Waals surface area contributed by atoms with Gasteiger partial charge in [-0.3, -0.25) is 4.79 Å². The number of aryl methyl sites for hydroxylation is 1. The summed E-state index contributed by atoms with van der Waals surface area (Å²) in [5.74, 6) is -0.339. The third-order valence-electron chi connectivity index (χ3n) is 1.91. The summed E-state index contributed by atoms with van der Waals surface area (Å²) < 4.78 is 3.00. The molecule has 0 radical (unpaired) electrons. The topological polar surface area (TPSA) is 112 Å². The Kier molecular flexibility index (Phi) is 2.85. The Morgan fingerprint density at radius 1 is 1.50 bits per heavy atom. The van der Waals surface area contributed by atoms with Gasteiger partial charge in [-0.15, -0.1) is 5.10 Å². The third-order valence-corrected chi connectivity index (χ3v) is 1.91. The second-order valence-electron chi connectivity index (χ2n) is 3.06. The Hall–Kier alpha value is -2.32. The van der Waals surface area contributed by atoms with E-state index in [1.807, 2.05) is 0 Å². The van der Waals surface area contributed by atoms with Crippen molar-refractivity contribution in [3.05, 3.63) is 18.5 Å². The van der Waals surface area contributed by atoms with Gasteiger partial charge in [0.15, 0.2) is 5.82 Å². The van der Waals surface area contributed by atoms with Crippen LogP contribution in [0.2, 0.25) is 0 Å². The van der Waals surface area contributed by atoms with Crippen LogP contribution in [0.4, 0.5) is 0 Å². The highest BCUT2D eigenvalue weighted by Crippen LogP contribution is 1.97. The van der Waals surface area contributed by atoms with Gasteiger partial charge in [0.05, 0.1) is 13.0 Å². The predicted molar refractivity (Wildman–Crippen MR) is 49.2 cm³/mol. The van der Waals surface area contributed by atoms with Crippen molar-refractivity contribution in [2.24, 2.45) is 0 Å². The summed E-state index contributed by atoms with van der Waals surface area (Å²) in [5, 5.41) is 23.4. The van der Waals surface area contributed by atoms with Crippen molar-refractivity contribution < 1.29 is 9.90 Å². The summed E-state index contributed by atoms with van der Waals surface area (Å²) in [6, 6.07) is 0. The second kappa shape index (κ2) is 4.47. The molecular weight excluding hydrogens is 214 g/mol. The smallest absolute Gasteiger partial charge is 0.305 e. The molecule has 9 heteroatoms. The number of aliphatic carboxylic acids is 1. The summed E-state index contributed by atoms with van der Waals surface area (Å²) in [4.78, 5) is 14.2. The quantitative estimate of drug-likeness (QED) is 0.676. The van der Waals surface area contributed by atoms with Crippen LogP contribution in [0.25, 0.3) is 0 Å². The van der Waals surface area contributed by atoms with E-state index in [1.165, 1.54) is 17.3 Å². The highest BCUT2D eigenvalue weighted by atomic mass is 16.4. The Balaban J connectivity index is 2.04. The summed E-state index contributed by atoms with van der Waals surface area (Å²) in [5.41, 5.74) is 0. The Bertz CT molecular complexity index is 463. The molecule has 0 spiro atoms. The fraction of sp³-hybridized carbons (Fsp3) is 0.429. The largest absolute Gasteiger partial charge is 0.481 e. The molecule has 2 aromatic heterocycles. The van der Waals surface area contributed by atoms with Crippen molar-refractivity contribution in [3.63, 3.8) is 0 Å². The SMILES string of the molecule is O=C(O)CCn1nnnc1Cn1cncn1. The van der Waals surface area contributed by atoms with Crippen molar-refractivity contribution in [2.75, 3.05) is 0 Å². The van der Waals surface area contributed by atoms with Crippen LogP contribution in [0.5, 0.6) is 0 Å². The van der Waals surface area contributed by atoms with E-state index in [0.717, 1.165) is 0 Å². The molecule has 2 heterocycles. The molecule has 16 heavy (non-hydrogen) atoms.